The van der Waals surface area contributed by atoms with Crippen LogP contribution in [-0.4, -0.2) is 27.4 Å². The first-order chi connectivity index (χ1) is 12.0. The molecular formula is C18H21FN2O3S. The zero-order valence-electron chi connectivity index (χ0n) is 14.0. The van der Waals surface area contributed by atoms with Crippen LogP contribution in [0.5, 0.6) is 0 Å². The van der Waals surface area contributed by atoms with Crippen molar-refractivity contribution in [2.24, 2.45) is 0 Å². The molecule has 0 radical (unpaired) electrons. The Morgan fingerprint density at radius 3 is 2.36 bits per heavy atom. The number of hydrogen-bond donors (Lipinski definition) is 1. The number of carbonyl (C=O) groups is 1. The standard InChI is InChI=1S/C18H21FN2O3S/c1-2-3-13-20-18(22)14-21(17-12-8-7-11-16(17)19)25(23,24)15-9-5-4-6-10-15/h4-12H,2-3,13-14H2,1H3,(H,20,22). The molecule has 0 aromatic heterocycles. The number of nitrogens with zero attached hydrogens (tertiary/aromatic N) is 1. The van der Waals surface area contributed by atoms with Gasteiger partial charge in [-0.2, -0.15) is 0 Å². The van der Waals surface area contributed by atoms with Crippen LogP contribution in [0.4, 0.5) is 10.1 Å². The number of rotatable bonds is 8. The van der Waals surface area contributed by atoms with Crippen molar-refractivity contribution in [1.82, 2.24) is 5.32 Å². The van der Waals surface area contributed by atoms with Gasteiger partial charge in [-0.25, -0.2) is 12.8 Å². The van der Waals surface area contributed by atoms with Crippen molar-refractivity contribution in [1.29, 1.82) is 0 Å². The molecule has 0 bridgehead atoms. The molecule has 0 aliphatic heterocycles. The smallest absolute Gasteiger partial charge is 0.264 e. The fourth-order valence-corrected chi connectivity index (χ4v) is 3.71. The van der Waals surface area contributed by atoms with Gasteiger partial charge in [-0.15, -0.1) is 0 Å². The molecule has 7 heteroatoms. The third kappa shape index (κ3) is 4.79. The van der Waals surface area contributed by atoms with Crippen LogP contribution in [0.15, 0.2) is 59.5 Å². The molecule has 0 heterocycles. The third-order valence-electron chi connectivity index (χ3n) is 3.59. The van der Waals surface area contributed by atoms with Crippen molar-refractivity contribution in [3.63, 3.8) is 0 Å². The predicted octanol–water partition coefficient (Wildman–Crippen LogP) is 2.94. The number of hydrogen-bond acceptors (Lipinski definition) is 3. The van der Waals surface area contributed by atoms with E-state index in [1.165, 1.54) is 30.3 Å². The van der Waals surface area contributed by atoms with Crippen LogP contribution in [0.1, 0.15) is 19.8 Å². The Morgan fingerprint density at radius 2 is 1.72 bits per heavy atom. The maximum absolute atomic E-state index is 14.2. The van der Waals surface area contributed by atoms with E-state index < -0.39 is 28.3 Å². The van der Waals surface area contributed by atoms with Crippen LogP contribution < -0.4 is 9.62 Å². The average Bonchev–Trinajstić information content (AvgIpc) is 2.61. The first-order valence-electron chi connectivity index (χ1n) is 8.06. The van der Waals surface area contributed by atoms with Crippen LogP contribution in [0.2, 0.25) is 0 Å². The summed E-state index contributed by atoms with van der Waals surface area (Å²) in [5.41, 5.74) is -0.156. The topological polar surface area (TPSA) is 66.5 Å². The summed E-state index contributed by atoms with van der Waals surface area (Å²) >= 11 is 0. The molecule has 2 aromatic rings. The summed E-state index contributed by atoms with van der Waals surface area (Å²) in [6, 6.07) is 13.2. The summed E-state index contributed by atoms with van der Waals surface area (Å²) in [4.78, 5) is 12.2. The van der Waals surface area contributed by atoms with Crippen LogP contribution in [0.3, 0.4) is 0 Å². The Bertz CT molecular complexity index is 810. The molecule has 0 aliphatic carbocycles. The monoisotopic (exact) mass is 364 g/mol. The van der Waals surface area contributed by atoms with E-state index in [1.807, 2.05) is 6.92 Å². The van der Waals surface area contributed by atoms with Gasteiger partial charge in [0.05, 0.1) is 10.6 Å². The van der Waals surface area contributed by atoms with Crippen molar-refractivity contribution < 1.29 is 17.6 Å². The quantitative estimate of drug-likeness (QED) is 0.733. The second-order valence-corrected chi connectivity index (χ2v) is 7.34. The molecule has 0 saturated carbocycles. The fraction of sp³-hybridized carbons (Fsp3) is 0.278. The van der Waals surface area contributed by atoms with Gasteiger partial charge in [0.25, 0.3) is 10.0 Å². The maximum Gasteiger partial charge on any atom is 0.264 e. The molecule has 25 heavy (non-hydrogen) atoms. The van der Waals surface area contributed by atoms with Gasteiger partial charge in [0, 0.05) is 6.54 Å². The highest BCUT2D eigenvalue weighted by Crippen LogP contribution is 2.25. The first kappa shape index (κ1) is 18.9. The Balaban J connectivity index is 2.36. The van der Waals surface area contributed by atoms with Gasteiger partial charge < -0.3 is 5.32 Å². The lowest BCUT2D eigenvalue weighted by atomic mass is 10.3. The molecule has 0 atom stereocenters. The molecule has 0 aliphatic rings. The van der Waals surface area contributed by atoms with Crippen molar-refractivity contribution in [3.8, 4) is 0 Å². The van der Waals surface area contributed by atoms with Crippen LogP contribution in [0.25, 0.3) is 0 Å². The van der Waals surface area contributed by atoms with E-state index in [-0.39, 0.29) is 10.6 Å². The molecule has 0 spiro atoms. The van der Waals surface area contributed by atoms with Gasteiger partial charge in [-0.3, -0.25) is 9.10 Å². The number of para-hydroxylation sites is 1. The first-order valence-corrected chi connectivity index (χ1v) is 9.50. The SMILES string of the molecule is CCCCNC(=O)CN(c1ccccc1F)S(=O)(=O)c1ccccc1. The Hall–Kier alpha value is -2.41. The van der Waals surface area contributed by atoms with E-state index in [0.29, 0.717) is 6.54 Å². The number of nitrogens with one attached hydrogen (secondary N) is 1. The summed E-state index contributed by atoms with van der Waals surface area (Å²) in [5.74, 6) is -1.18. The maximum atomic E-state index is 14.2. The largest absolute Gasteiger partial charge is 0.355 e. The molecule has 0 fully saturated rings. The minimum absolute atomic E-state index is 0.000360. The van der Waals surface area contributed by atoms with Crippen LogP contribution in [-0.2, 0) is 14.8 Å². The zero-order chi connectivity index (χ0) is 18.3. The number of halogens is 1. The highest BCUT2D eigenvalue weighted by Gasteiger charge is 2.28. The van der Waals surface area contributed by atoms with Gasteiger partial charge >= 0.3 is 0 Å². The summed E-state index contributed by atoms with van der Waals surface area (Å²) in [7, 11) is -4.07. The van der Waals surface area contributed by atoms with Gasteiger partial charge in [0.15, 0.2) is 0 Å². The van der Waals surface area contributed by atoms with E-state index in [1.54, 1.807) is 18.2 Å². The highest BCUT2D eigenvalue weighted by atomic mass is 32.2. The molecule has 5 nitrogen and oxygen atoms in total. The van der Waals surface area contributed by atoms with E-state index in [9.17, 15) is 17.6 Å². The number of unbranched alkanes of at least 4 members (excludes halogenated alkanes) is 1. The molecule has 1 N–H and O–H groups in total. The number of amides is 1. The summed E-state index contributed by atoms with van der Waals surface area (Å²) in [5, 5.41) is 2.66. The minimum Gasteiger partial charge on any atom is -0.355 e. The molecule has 0 saturated heterocycles. The van der Waals surface area contributed by atoms with Crippen molar-refractivity contribution in [2.45, 2.75) is 24.7 Å². The van der Waals surface area contributed by atoms with E-state index in [2.05, 4.69) is 5.32 Å². The lowest BCUT2D eigenvalue weighted by Crippen LogP contribution is -2.41. The number of benzene rings is 2. The molecule has 2 rings (SSSR count). The number of anilines is 1. The van der Waals surface area contributed by atoms with Crippen LogP contribution >= 0.6 is 0 Å². The summed E-state index contributed by atoms with van der Waals surface area (Å²) in [6.45, 7) is 1.95. The third-order valence-corrected chi connectivity index (χ3v) is 5.37. The van der Waals surface area contributed by atoms with Gasteiger partial charge in [-0.05, 0) is 30.7 Å². The lowest BCUT2D eigenvalue weighted by Gasteiger charge is -2.24. The van der Waals surface area contributed by atoms with Crippen molar-refractivity contribution in [3.05, 3.63) is 60.4 Å². The zero-order valence-corrected chi connectivity index (χ0v) is 14.8. The normalized spacial score (nSPS) is 11.1. The van der Waals surface area contributed by atoms with E-state index in [0.717, 1.165) is 23.2 Å². The Morgan fingerprint density at radius 1 is 1.08 bits per heavy atom. The number of carbonyl (C=O) groups excluding carboxylic acids is 1. The predicted molar refractivity (Wildman–Crippen MR) is 95.3 cm³/mol. The van der Waals surface area contributed by atoms with Gasteiger partial charge in [0.1, 0.15) is 12.4 Å². The lowest BCUT2D eigenvalue weighted by molar-refractivity contribution is -0.119. The van der Waals surface area contributed by atoms with Crippen molar-refractivity contribution >= 4 is 21.6 Å². The highest BCUT2D eigenvalue weighted by molar-refractivity contribution is 7.92. The average molecular weight is 364 g/mol. The summed E-state index contributed by atoms with van der Waals surface area (Å²) in [6.07, 6.45) is 1.69. The second-order valence-electron chi connectivity index (χ2n) is 5.48. The second kappa shape index (κ2) is 8.62. The van der Waals surface area contributed by atoms with E-state index in [4.69, 9.17) is 0 Å². The van der Waals surface area contributed by atoms with Crippen molar-refractivity contribution in [2.75, 3.05) is 17.4 Å². The minimum atomic E-state index is -4.07. The Kier molecular flexibility index (Phi) is 6.52. The molecule has 134 valence electrons. The van der Waals surface area contributed by atoms with E-state index >= 15 is 0 Å². The van der Waals surface area contributed by atoms with Gasteiger partial charge in [-0.1, -0.05) is 43.7 Å². The summed E-state index contributed by atoms with van der Waals surface area (Å²) < 4.78 is 40.9. The molecule has 2 aromatic carbocycles. The molecule has 0 unspecified atom stereocenters. The Labute approximate surface area is 147 Å². The number of sulfonamides is 1. The molecular weight excluding hydrogens is 343 g/mol. The van der Waals surface area contributed by atoms with Crippen LogP contribution in [0, 0.1) is 5.82 Å². The fourth-order valence-electron chi connectivity index (χ4n) is 2.26. The molecule has 1 amide bonds. The van der Waals surface area contributed by atoms with Gasteiger partial charge in [0.2, 0.25) is 5.91 Å².